The summed E-state index contributed by atoms with van der Waals surface area (Å²) >= 11 is 0. The van der Waals surface area contributed by atoms with Crippen molar-refractivity contribution in [2.75, 3.05) is 13.7 Å². The predicted molar refractivity (Wildman–Crippen MR) is 114 cm³/mol. The minimum atomic E-state index is -0.416. The lowest BCUT2D eigenvalue weighted by Gasteiger charge is -2.24. The number of methoxy groups -OCH3 is 1. The van der Waals surface area contributed by atoms with Crippen molar-refractivity contribution < 1.29 is 14.3 Å². The second-order valence-corrected chi connectivity index (χ2v) is 6.88. The molecule has 5 nitrogen and oxygen atoms in total. The summed E-state index contributed by atoms with van der Waals surface area (Å²) < 4.78 is 4.82. The Morgan fingerprint density at radius 3 is 2.59 bits per heavy atom. The summed E-state index contributed by atoms with van der Waals surface area (Å²) in [7, 11) is 1.36. The molecular weight excluding hydrogens is 364 g/mol. The third-order valence-corrected chi connectivity index (χ3v) is 4.70. The van der Waals surface area contributed by atoms with Gasteiger partial charge < -0.3 is 9.64 Å². The van der Waals surface area contributed by atoms with Crippen molar-refractivity contribution in [2.45, 2.75) is 13.5 Å². The molecule has 1 unspecified atom stereocenters. The Kier molecular flexibility index (Phi) is 6.74. The largest absolute Gasteiger partial charge is 0.469 e. The number of hydrogen-bond donors (Lipinski definition) is 0. The van der Waals surface area contributed by atoms with Crippen LogP contribution in [0.1, 0.15) is 18.1 Å². The van der Waals surface area contributed by atoms with E-state index in [4.69, 9.17) is 4.74 Å². The van der Waals surface area contributed by atoms with Gasteiger partial charge in [0.15, 0.2) is 0 Å². The molecule has 0 N–H and O–H groups in total. The zero-order chi connectivity index (χ0) is 20.6. The Labute approximate surface area is 170 Å². The van der Waals surface area contributed by atoms with Crippen molar-refractivity contribution in [2.24, 2.45) is 5.92 Å². The van der Waals surface area contributed by atoms with Crippen LogP contribution in [0.3, 0.4) is 0 Å². The Bertz CT molecular complexity index is 1010. The molecule has 0 aliphatic heterocycles. The van der Waals surface area contributed by atoms with Crippen molar-refractivity contribution in [3.05, 3.63) is 84.1 Å². The number of rotatable bonds is 7. The molecule has 0 fully saturated rings. The Morgan fingerprint density at radius 1 is 1.07 bits per heavy atom. The van der Waals surface area contributed by atoms with Crippen molar-refractivity contribution in [3.63, 3.8) is 0 Å². The summed E-state index contributed by atoms with van der Waals surface area (Å²) in [6.07, 6.45) is 5.05. The number of pyridine rings is 1. The van der Waals surface area contributed by atoms with E-state index in [1.807, 2.05) is 60.7 Å². The van der Waals surface area contributed by atoms with Crippen LogP contribution in [0.2, 0.25) is 0 Å². The lowest BCUT2D eigenvalue weighted by atomic mass is 10.1. The molecule has 0 spiro atoms. The van der Waals surface area contributed by atoms with Gasteiger partial charge in [0, 0.05) is 36.3 Å². The standard InChI is InChI=1S/C24H24N2O3/c1-18(24(28)29-2)16-26(17-19-8-4-3-5-9-19)22(27)14-13-21-11-6-10-20-12-7-15-25-23(20)21/h3-15,18H,16-17H2,1-2H3/b14-13+. The monoisotopic (exact) mass is 388 g/mol. The lowest BCUT2D eigenvalue weighted by Crippen LogP contribution is -2.35. The summed E-state index contributed by atoms with van der Waals surface area (Å²) in [5, 5.41) is 1.02. The van der Waals surface area contributed by atoms with E-state index in [1.165, 1.54) is 13.2 Å². The van der Waals surface area contributed by atoms with Crippen LogP contribution in [-0.2, 0) is 20.9 Å². The van der Waals surface area contributed by atoms with Gasteiger partial charge in [-0.1, -0.05) is 61.5 Å². The van der Waals surface area contributed by atoms with Gasteiger partial charge in [-0.3, -0.25) is 14.6 Å². The zero-order valence-electron chi connectivity index (χ0n) is 16.6. The second kappa shape index (κ2) is 9.64. The first-order valence-corrected chi connectivity index (χ1v) is 9.51. The molecule has 1 atom stereocenters. The number of amides is 1. The molecule has 0 saturated carbocycles. The average Bonchev–Trinajstić information content (AvgIpc) is 2.77. The number of aromatic nitrogens is 1. The molecule has 29 heavy (non-hydrogen) atoms. The molecule has 3 rings (SSSR count). The van der Waals surface area contributed by atoms with Crippen LogP contribution < -0.4 is 0 Å². The van der Waals surface area contributed by atoms with Crippen LogP contribution in [0.5, 0.6) is 0 Å². The summed E-state index contributed by atoms with van der Waals surface area (Å²) in [5.41, 5.74) is 2.71. The highest BCUT2D eigenvalue weighted by molar-refractivity contribution is 5.95. The topological polar surface area (TPSA) is 59.5 Å². The summed E-state index contributed by atoms with van der Waals surface area (Å²) in [6.45, 7) is 2.45. The first kappa shape index (κ1) is 20.3. The minimum Gasteiger partial charge on any atom is -0.469 e. The summed E-state index contributed by atoms with van der Waals surface area (Å²) in [4.78, 5) is 30.9. The van der Waals surface area contributed by atoms with Gasteiger partial charge in [-0.15, -0.1) is 0 Å². The first-order valence-electron chi connectivity index (χ1n) is 9.51. The normalized spacial score (nSPS) is 12.1. The van der Waals surface area contributed by atoms with Gasteiger partial charge in [0.1, 0.15) is 0 Å². The first-order chi connectivity index (χ1) is 14.1. The van der Waals surface area contributed by atoms with Gasteiger partial charge >= 0.3 is 5.97 Å². The number of para-hydroxylation sites is 1. The van der Waals surface area contributed by atoms with E-state index in [-0.39, 0.29) is 18.4 Å². The Hall–Kier alpha value is -3.47. The fraction of sp³-hybridized carbons (Fsp3) is 0.208. The van der Waals surface area contributed by atoms with E-state index >= 15 is 0 Å². The van der Waals surface area contributed by atoms with E-state index in [2.05, 4.69) is 4.98 Å². The Balaban J connectivity index is 1.82. The molecule has 0 aliphatic rings. The SMILES string of the molecule is COC(=O)C(C)CN(Cc1ccccc1)C(=O)/C=C/c1cccc2cccnc12. The number of hydrogen-bond acceptors (Lipinski definition) is 4. The molecule has 3 aromatic rings. The molecule has 0 aliphatic carbocycles. The highest BCUT2D eigenvalue weighted by atomic mass is 16.5. The molecule has 1 heterocycles. The van der Waals surface area contributed by atoms with Crippen LogP contribution in [0.4, 0.5) is 0 Å². The van der Waals surface area contributed by atoms with Crippen LogP contribution in [0.25, 0.3) is 17.0 Å². The second-order valence-electron chi connectivity index (χ2n) is 6.88. The minimum absolute atomic E-state index is 0.169. The molecule has 1 amide bonds. The third kappa shape index (κ3) is 5.29. The van der Waals surface area contributed by atoms with Crippen LogP contribution in [0.15, 0.2) is 72.9 Å². The maximum Gasteiger partial charge on any atom is 0.310 e. The van der Waals surface area contributed by atoms with Gasteiger partial charge in [-0.25, -0.2) is 0 Å². The molecule has 1 aromatic heterocycles. The average molecular weight is 388 g/mol. The smallest absolute Gasteiger partial charge is 0.310 e. The van der Waals surface area contributed by atoms with Crippen molar-refractivity contribution in [3.8, 4) is 0 Å². The fourth-order valence-corrected chi connectivity index (χ4v) is 3.17. The maximum atomic E-state index is 13.0. The van der Waals surface area contributed by atoms with Gasteiger partial charge in [0.2, 0.25) is 5.91 Å². The molecule has 5 heteroatoms. The van der Waals surface area contributed by atoms with E-state index in [0.717, 1.165) is 22.0 Å². The van der Waals surface area contributed by atoms with Crippen LogP contribution in [-0.4, -0.2) is 35.4 Å². The number of carbonyl (C=O) groups is 2. The van der Waals surface area contributed by atoms with E-state index in [9.17, 15) is 9.59 Å². The van der Waals surface area contributed by atoms with E-state index < -0.39 is 5.92 Å². The molecule has 148 valence electrons. The summed E-state index contributed by atoms with van der Waals surface area (Å²) in [6, 6.07) is 19.4. The zero-order valence-corrected chi connectivity index (χ0v) is 16.6. The van der Waals surface area contributed by atoms with Gasteiger partial charge in [-0.2, -0.15) is 0 Å². The maximum absolute atomic E-state index is 13.0. The van der Waals surface area contributed by atoms with Gasteiger partial charge in [-0.05, 0) is 17.7 Å². The highest BCUT2D eigenvalue weighted by Gasteiger charge is 2.20. The highest BCUT2D eigenvalue weighted by Crippen LogP contribution is 2.18. The molecule has 0 bridgehead atoms. The van der Waals surface area contributed by atoms with Gasteiger partial charge in [0.05, 0.1) is 18.5 Å². The van der Waals surface area contributed by atoms with E-state index in [0.29, 0.717) is 6.54 Å². The molecule has 0 saturated heterocycles. The number of ether oxygens (including phenoxy) is 1. The quantitative estimate of drug-likeness (QED) is 0.452. The fourth-order valence-electron chi connectivity index (χ4n) is 3.17. The number of benzene rings is 2. The number of nitrogens with zero attached hydrogens (tertiary/aromatic N) is 2. The van der Waals surface area contributed by atoms with Crippen molar-refractivity contribution in [1.82, 2.24) is 9.88 Å². The van der Waals surface area contributed by atoms with Crippen LogP contribution in [0, 0.1) is 5.92 Å². The number of carbonyl (C=O) groups excluding carboxylic acids is 2. The van der Waals surface area contributed by atoms with Crippen LogP contribution >= 0.6 is 0 Å². The molecule has 0 radical (unpaired) electrons. The third-order valence-electron chi connectivity index (χ3n) is 4.70. The van der Waals surface area contributed by atoms with Crippen molar-refractivity contribution >= 4 is 28.9 Å². The van der Waals surface area contributed by atoms with Crippen molar-refractivity contribution in [1.29, 1.82) is 0 Å². The lowest BCUT2D eigenvalue weighted by molar-refractivity contribution is -0.146. The van der Waals surface area contributed by atoms with E-state index in [1.54, 1.807) is 24.1 Å². The summed E-state index contributed by atoms with van der Waals surface area (Å²) in [5.74, 6) is -0.920. The Morgan fingerprint density at radius 2 is 1.83 bits per heavy atom. The predicted octanol–water partition coefficient (Wildman–Crippen LogP) is 4.09. The molecule has 2 aromatic carbocycles. The van der Waals surface area contributed by atoms with Gasteiger partial charge in [0.25, 0.3) is 0 Å². The molecular formula is C24H24N2O3. The number of fused-ring (bicyclic) bond motifs is 1. The number of esters is 1.